The number of rotatable bonds is 4. The molecule has 0 fully saturated rings. The number of nitrogens with one attached hydrogen (secondary N) is 1. The molecule has 0 aliphatic rings. The molecule has 1 atom stereocenters. The summed E-state index contributed by atoms with van der Waals surface area (Å²) in [6.45, 7) is 9.16. The van der Waals surface area contributed by atoms with E-state index in [1.54, 1.807) is 0 Å². The zero-order valence-corrected chi connectivity index (χ0v) is 12.0. The molecule has 2 nitrogen and oxygen atoms in total. The van der Waals surface area contributed by atoms with Gasteiger partial charge in [-0.2, -0.15) is 0 Å². The first-order valence-corrected chi connectivity index (χ1v) is 6.25. The highest BCUT2D eigenvalue weighted by Crippen LogP contribution is 2.38. The van der Waals surface area contributed by atoms with Crippen molar-refractivity contribution in [2.75, 3.05) is 20.6 Å². The molecule has 0 aliphatic carbocycles. The van der Waals surface area contributed by atoms with E-state index in [4.69, 9.17) is 0 Å². The fraction of sp³-hybridized carbons (Fsp3) is 0.600. The molecule has 2 N–H and O–H groups in total. The highest BCUT2D eigenvalue weighted by molar-refractivity contribution is 5.28. The molecule has 96 valence electrons. The summed E-state index contributed by atoms with van der Waals surface area (Å²) >= 11 is 0. The van der Waals surface area contributed by atoms with Crippen molar-refractivity contribution in [3.8, 4) is 0 Å². The average molecular weight is 236 g/mol. The molecule has 0 saturated carbocycles. The van der Waals surface area contributed by atoms with Crippen LogP contribution >= 0.6 is 0 Å². The van der Waals surface area contributed by atoms with Gasteiger partial charge in [-0.15, -0.1) is 0 Å². The van der Waals surface area contributed by atoms with E-state index in [1.807, 2.05) is 19.1 Å². The molecule has 1 aromatic rings. The van der Waals surface area contributed by atoms with Crippen LogP contribution in [0.4, 0.5) is 0 Å². The van der Waals surface area contributed by atoms with Crippen LogP contribution in [0, 0.1) is 12.3 Å². The van der Waals surface area contributed by atoms with Gasteiger partial charge in [0.05, 0.1) is 26.2 Å². The maximum absolute atomic E-state index is 10.9. The lowest BCUT2D eigenvalue weighted by atomic mass is 9.71. The summed E-state index contributed by atoms with van der Waals surface area (Å²) in [6, 6.07) is 8.16. The van der Waals surface area contributed by atoms with E-state index in [0.717, 1.165) is 12.1 Å². The van der Waals surface area contributed by atoms with Crippen molar-refractivity contribution in [2.45, 2.75) is 33.3 Å². The molecule has 0 amide bonds. The Morgan fingerprint density at radius 1 is 1.18 bits per heavy atom. The molecular weight excluding hydrogens is 210 g/mol. The van der Waals surface area contributed by atoms with Crippen LogP contribution in [-0.2, 0) is 5.60 Å². The number of hydrogen-bond acceptors (Lipinski definition) is 1. The zero-order chi connectivity index (χ0) is 13.3. The van der Waals surface area contributed by atoms with Crippen LogP contribution in [-0.4, -0.2) is 25.7 Å². The smallest absolute Gasteiger partial charge is 0.0972 e. The third-order valence-corrected chi connectivity index (χ3v) is 3.69. The van der Waals surface area contributed by atoms with Gasteiger partial charge in [-0.3, -0.25) is 0 Å². The summed E-state index contributed by atoms with van der Waals surface area (Å²) in [5, 5.41) is 10.9. The van der Waals surface area contributed by atoms with Crippen LogP contribution in [0.2, 0.25) is 0 Å². The first kappa shape index (κ1) is 14.2. The van der Waals surface area contributed by atoms with E-state index >= 15 is 0 Å². The minimum atomic E-state index is -0.809. The molecule has 0 spiro atoms. The van der Waals surface area contributed by atoms with E-state index in [9.17, 15) is 5.11 Å². The molecule has 2 heteroatoms. The normalized spacial score (nSPS) is 16.0. The number of aliphatic hydroxyl groups is 1. The summed E-state index contributed by atoms with van der Waals surface area (Å²) in [5.74, 6) is 0. The number of aryl methyl sites for hydroxylation is 1. The summed E-state index contributed by atoms with van der Waals surface area (Å²) < 4.78 is 0. The van der Waals surface area contributed by atoms with Crippen LogP contribution in [0.3, 0.4) is 0 Å². The van der Waals surface area contributed by atoms with Gasteiger partial charge in [0.2, 0.25) is 0 Å². The zero-order valence-electron chi connectivity index (χ0n) is 12.0. The van der Waals surface area contributed by atoms with E-state index in [0.29, 0.717) is 0 Å². The van der Waals surface area contributed by atoms with E-state index < -0.39 is 5.60 Å². The SMILES string of the molecule is Cc1cccc([C@@](C)(O)C(C)(C)C[NH+](C)C)c1. The molecule has 0 radical (unpaired) electrons. The summed E-state index contributed by atoms with van der Waals surface area (Å²) in [7, 11) is 4.24. The maximum atomic E-state index is 10.9. The summed E-state index contributed by atoms with van der Waals surface area (Å²) in [4.78, 5) is 1.35. The molecule has 0 saturated heterocycles. The first-order chi connectivity index (χ1) is 7.67. The Bertz CT molecular complexity index is 380. The molecule has 0 heterocycles. The van der Waals surface area contributed by atoms with Gasteiger partial charge in [0.15, 0.2) is 0 Å². The predicted molar refractivity (Wildman–Crippen MR) is 72.2 cm³/mol. The molecule has 0 bridgehead atoms. The Kier molecular flexibility index (Phi) is 4.00. The minimum Gasteiger partial charge on any atom is -0.385 e. The fourth-order valence-electron chi connectivity index (χ4n) is 2.39. The second kappa shape index (κ2) is 4.79. The van der Waals surface area contributed by atoms with Gasteiger partial charge in [-0.1, -0.05) is 43.7 Å². The lowest BCUT2D eigenvalue weighted by Crippen LogP contribution is -3.07. The van der Waals surface area contributed by atoms with Crippen LogP contribution < -0.4 is 4.90 Å². The quantitative estimate of drug-likeness (QED) is 0.811. The van der Waals surface area contributed by atoms with Crippen molar-refractivity contribution < 1.29 is 10.0 Å². The Balaban J connectivity index is 3.09. The summed E-state index contributed by atoms with van der Waals surface area (Å²) in [6.07, 6.45) is 0. The largest absolute Gasteiger partial charge is 0.385 e. The Labute approximate surface area is 105 Å². The molecule has 0 aliphatic heterocycles. The van der Waals surface area contributed by atoms with Crippen molar-refractivity contribution in [3.05, 3.63) is 35.4 Å². The third-order valence-electron chi connectivity index (χ3n) is 3.69. The second-order valence-corrected chi connectivity index (χ2v) is 6.21. The Morgan fingerprint density at radius 2 is 1.76 bits per heavy atom. The monoisotopic (exact) mass is 236 g/mol. The van der Waals surface area contributed by atoms with Crippen molar-refractivity contribution in [2.24, 2.45) is 5.41 Å². The molecular formula is C15H26NO+. The van der Waals surface area contributed by atoms with E-state index in [1.165, 1.54) is 10.5 Å². The fourth-order valence-corrected chi connectivity index (χ4v) is 2.39. The van der Waals surface area contributed by atoms with Gasteiger partial charge < -0.3 is 10.0 Å². The Morgan fingerprint density at radius 3 is 2.24 bits per heavy atom. The average Bonchev–Trinajstić information content (AvgIpc) is 2.15. The topological polar surface area (TPSA) is 24.7 Å². The van der Waals surface area contributed by atoms with Gasteiger partial charge in [0.1, 0.15) is 0 Å². The van der Waals surface area contributed by atoms with Crippen molar-refractivity contribution in [1.82, 2.24) is 0 Å². The summed E-state index contributed by atoms with van der Waals surface area (Å²) in [5.41, 5.74) is 1.22. The maximum Gasteiger partial charge on any atom is 0.0972 e. The highest BCUT2D eigenvalue weighted by atomic mass is 16.3. The van der Waals surface area contributed by atoms with Crippen molar-refractivity contribution in [3.63, 3.8) is 0 Å². The number of benzene rings is 1. The van der Waals surface area contributed by atoms with E-state index in [-0.39, 0.29) is 5.41 Å². The molecule has 1 rings (SSSR count). The van der Waals surface area contributed by atoms with Crippen molar-refractivity contribution in [1.29, 1.82) is 0 Å². The van der Waals surface area contributed by atoms with Crippen molar-refractivity contribution >= 4 is 0 Å². The molecule has 1 aromatic carbocycles. The van der Waals surface area contributed by atoms with Gasteiger partial charge >= 0.3 is 0 Å². The Hall–Kier alpha value is -0.860. The van der Waals surface area contributed by atoms with Gasteiger partial charge in [-0.05, 0) is 19.4 Å². The second-order valence-electron chi connectivity index (χ2n) is 6.21. The number of hydrogen-bond donors (Lipinski definition) is 2. The highest BCUT2D eigenvalue weighted by Gasteiger charge is 2.42. The van der Waals surface area contributed by atoms with Gasteiger partial charge in [-0.25, -0.2) is 0 Å². The van der Waals surface area contributed by atoms with Crippen LogP contribution in [0.25, 0.3) is 0 Å². The van der Waals surface area contributed by atoms with Gasteiger partial charge in [0, 0.05) is 5.41 Å². The predicted octanol–water partition coefficient (Wildman–Crippen LogP) is 1.37. The lowest BCUT2D eigenvalue weighted by Gasteiger charge is -2.40. The van der Waals surface area contributed by atoms with Crippen LogP contribution in [0.5, 0.6) is 0 Å². The molecule has 0 unspecified atom stereocenters. The van der Waals surface area contributed by atoms with E-state index in [2.05, 4.69) is 47.0 Å². The molecule has 17 heavy (non-hydrogen) atoms. The number of quaternary nitrogens is 1. The van der Waals surface area contributed by atoms with Gasteiger partial charge in [0.25, 0.3) is 0 Å². The minimum absolute atomic E-state index is 0.167. The standard InChI is InChI=1S/C15H25NO/c1-12-8-7-9-13(10-12)15(4,17)14(2,3)11-16(5)6/h7-10,17H,11H2,1-6H3/p+1/t15-/m1/s1. The molecule has 0 aromatic heterocycles. The van der Waals surface area contributed by atoms with Crippen LogP contribution in [0.15, 0.2) is 24.3 Å². The lowest BCUT2D eigenvalue weighted by molar-refractivity contribution is -0.866. The van der Waals surface area contributed by atoms with Crippen LogP contribution in [0.1, 0.15) is 31.9 Å². The first-order valence-electron chi connectivity index (χ1n) is 6.25. The third kappa shape index (κ3) is 3.08.